The van der Waals surface area contributed by atoms with Crippen LogP contribution in [0.25, 0.3) is 22.6 Å². The van der Waals surface area contributed by atoms with Crippen molar-refractivity contribution in [2.75, 3.05) is 5.32 Å². The van der Waals surface area contributed by atoms with Crippen LogP contribution in [0.4, 0.5) is 5.69 Å². The van der Waals surface area contributed by atoms with Crippen LogP contribution < -0.4 is 5.32 Å². The van der Waals surface area contributed by atoms with Crippen molar-refractivity contribution in [2.24, 2.45) is 0 Å². The number of nitrogens with zero attached hydrogens (tertiary/aromatic N) is 1. The number of rotatable bonds is 3. The van der Waals surface area contributed by atoms with Crippen molar-refractivity contribution in [3.63, 3.8) is 0 Å². The Balaban J connectivity index is 1.65. The summed E-state index contributed by atoms with van der Waals surface area (Å²) in [6, 6.07) is 14.1. The summed E-state index contributed by atoms with van der Waals surface area (Å²) in [5, 5.41) is 5.62. The van der Waals surface area contributed by atoms with Crippen molar-refractivity contribution >= 4 is 57.2 Å². The van der Waals surface area contributed by atoms with Crippen molar-refractivity contribution in [2.45, 2.75) is 0 Å². The van der Waals surface area contributed by atoms with Gasteiger partial charge in [-0.1, -0.05) is 29.3 Å². The molecule has 7 heteroatoms. The Kier molecular flexibility index (Phi) is 4.21. The lowest BCUT2D eigenvalue weighted by atomic mass is 10.2. The molecule has 2 heterocycles. The van der Waals surface area contributed by atoms with Gasteiger partial charge in [0, 0.05) is 11.3 Å². The zero-order valence-electron chi connectivity index (χ0n) is 12.6. The van der Waals surface area contributed by atoms with E-state index >= 15 is 0 Å². The summed E-state index contributed by atoms with van der Waals surface area (Å²) in [4.78, 5) is 17.3. The molecule has 0 bridgehead atoms. The van der Waals surface area contributed by atoms with Gasteiger partial charge < -0.3 is 9.73 Å². The molecule has 1 amide bonds. The summed E-state index contributed by atoms with van der Waals surface area (Å²) < 4.78 is 5.76. The normalized spacial score (nSPS) is 11.0. The van der Waals surface area contributed by atoms with Gasteiger partial charge in [0.25, 0.3) is 5.91 Å². The highest BCUT2D eigenvalue weighted by atomic mass is 35.5. The lowest BCUT2D eigenvalue weighted by Crippen LogP contribution is -2.09. The summed E-state index contributed by atoms with van der Waals surface area (Å²) in [6.07, 6.45) is 0. The molecule has 0 aliphatic rings. The summed E-state index contributed by atoms with van der Waals surface area (Å²) >= 11 is 13.4. The first-order chi connectivity index (χ1) is 12.1. The summed E-state index contributed by atoms with van der Waals surface area (Å²) in [6.45, 7) is 0. The number of hydrogen-bond acceptors (Lipinski definition) is 4. The van der Waals surface area contributed by atoms with Crippen LogP contribution >= 0.6 is 34.5 Å². The van der Waals surface area contributed by atoms with E-state index in [4.69, 9.17) is 27.6 Å². The predicted molar refractivity (Wildman–Crippen MR) is 102 cm³/mol. The van der Waals surface area contributed by atoms with Crippen molar-refractivity contribution in [1.29, 1.82) is 0 Å². The van der Waals surface area contributed by atoms with E-state index in [1.54, 1.807) is 42.5 Å². The molecular weight excluding hydrogens is 379 g/mol. The molecule has 0 radical (unpaired) electrons. The quantitative estimate of drug-likeness (QED) is 0.460. The third-order valence-corrected chi connectivity index (χ3v) is 5.16. The summed E-state index contributed by atoms with van der Waals surface area (Å²) in [5.41, 5.74) is 2.65. The summed E-state index contributed by atoms with van der Waals surface area (Å²) in [5.74, 6) is 0.290. The van der Waals surface area contributed by atoms with Gasteiger partial charge in [0.1, 0.15) is 5.52 Å². The van der Waals surface area contributed by atoms with Crippen LogP contribution in [-0.2, 0) is 0 Å². The fraction of sp³-hybridized carbons (Fsp3) is 0. The molecule has 0 unspecified atom stereocenters. The monoisotopic (exact) mass is 388 g/mol. The van der Waals surface area contributed by atoms with Gasteiger partial charge in [0.05, 0.1) is 14.9 Å². The van der Waals surface area contributed by atoms with E-state index in [9.17, 15) is 4.79 Å². The Morgan fingerprint density at radius 2 is 1.96 bits per heavy atom. The minimum Gasteiger partial charge on any atom is -0.436 e. The van der Waals surface area contributed by atoms with Gasteiger partial charge in [-0.15, -0.1) is 11.3 Å². The van der Waals surface area contributed by atoms with Crippen LogP contribution in [0.1, 0.15) is 9.67 Å². The number of hydrogen-bond donors (Lipinski definition) is 1. The maximum absolute atomic E-state index is 12.1. The maximum atomic E-state index is 12.1. The lowest BCUT2D eigenvalue weighted by molar-refractivity contribution is 0.103. The second-order valence-electron chi connectivity index (χ2n) is 5.26. The van der Waals surface area contributed by atoms with E-state index in [0.717, 1.165) is 5.56 Å². The molecule has 2 aromatic carbocycles. The number of amides is 1. The van der Waals surface area contributed by atoms with Gasteiger partial charge >= 0.3 is 0 Å². The molecule has 0 aliphatic heterocycles. The smallest absolute Gasteiger partial charge is 0.265 e. The summed E-state index contributed by atoms with van der Waals surface area (Å²) in [7, 11) is 0. The second-order valence-corrected chi connectivity index (χ2v) is 7.02. The fourth-order valence-electron chi connectivity index (χ4n) is 2.36. The van der Waals surface area contributed by atoms with Gasteiger partial charge in [-0.05, 0) is 47.8 Å². The van der Waals surface area contributed by atoms with Crippen molar-refractivity contribution in [1.82, 2.24) is 4.98 Å². The molecule has 0 aliphatic carbocycles. The molecule has 1 N–H and O–H groups in total. The van der Waals surface area contributed by atoms with E-state index in [0.29, 0.717) is 37.6 Å². The van der Waals surface area contributed by atoms with Crippen molar-refractivity contribution in [3.8, 4) is 11.5 Å². The zero-order valence-corrected chi connectivity index (χ0v) is 15.0. The third-order valence-electron chi connectivity index (χ3n) is 3.56. The number of oxazole rings is 1. The SMILES string of the molecule is O=C(Nc1ccc2oc(-c3ccc(Cl)c(Cl)c3)nc2c1)c1cccs1. The van der Waals surface area contributed by atoms with Crippen molar-refractivity contribution < 1.29 is 9.21 Å². The van der Waals surface area contributed by atoms with Crippen LogP contribution in [0.2, 0.25) is 10.0 Å². The number of carbonyl (C=O) groups is 1. The molecule has 124 valence electrons. The number of nitrogens with one attached hydrogen (secondary N) is 1. The first kappa shape index (κ1) is 16.1. The predicted octanol–water partition coefficient (Wildman–Crippen LogP) is 6.12. The second kappa shape index (κ2) is 6.52. The van der Waals surface area contributed by atoms with E-state index in [1.807, 2.05) is 11.4 Å². The Hall–Kier alpha value is -2.34. The molecule has 0 fully saturated rings. The molecule has 0 spiro atoms. The molecule has 25 heavy (non-hydrogen) atoms. The number of aromatic nitrogens is 1. The van der Waals surface area contributed by atoms with Gasteiger partial charge in [-0.25, -0.2) is 4.98 Å². The Bertz CT molecular complexity index is 1070. The largest absolute Gasteiger partial charge is 0.436 e. The van der Waals surface area contributed by atoms with Gasteiger partial charge in [0.15, 0.2) is 5.58 Å². The number of fused-ring (bicyclic) bond motifs is 1. The molecule has 0 saturated carbocycles. The highest BCUT2D eigenvalue weighted by molar-refractivity contribution is 7.12. The van der Waals surface area contributed by atoms with Crippen LogP contribution in [0.5, 0.6) is 0 Å². The van der Waals surface area contributed by atoms with Crippen LogP contribution in [0, 0.1) is 0 Å². The highest BCUT2D eigenvalue weighted by Gasteiger charge is 2.12. The van der Waals surface area contributed by atoms with E-state index in [1.165, 1.54) is 11.3 Å². The minimum absolute atomic E-state index is 0.150. The van der Waals surface area contributed by atoms with E-state index in [2.05, 4.69) is 10.3 Å². The highest BCUT2D eigenvalue weighted by Crippen LogP contribution is 2.31. The first-order valence-corrected chi connectivity index (χ1v) is 8.94. The number of carbonyl (C=O) groups excluding carboxylic acids is 1. The lowest BCUT2D eigenvalue weighted by Gasteiger charge is -2.02. The van der Waals surface area contributed by atoms with Gasteiger partial charge in [0.2, 0.25) is 5.89 Å². The molecular formula is C18H10Cl2N2O2S. The molecule has 0 saturated heterocycles. The molecule has 4 rings (SSSR count). The maximum Gasteiger partial charge on any atom is 0.265 e. The molecule has 0 atom stereocenters. The number of anilines is 1. The Labute approximate surface area is 157 Å². The zero-order chi connectivity index (χ0) is 17.4. The molecule has 2 aromatic heterocycles. The number of benzene rings is 2. The molecule has 4 aromatic rings. The molecule has 4 nitrogen and oxygen atoms in total. The van der Waals surface area contributed by atoms with Crippen molar-refractivity contribution in [3.05, 3.63) is 68.8 Å². The number of thiophene rings is 1. The fourth-order valence-corrected chi connectivity index (χ4v) is 3.28. The number of halogens is 2. The van der Waals surface area contributed by atoms with E-state index in [-0.39, 0.29) is 5.91 Å². The van der Waals surface area contributed by atoms with Gasteiger partial charge in [-0.3, -0.25) is 4.79 Å². The van der Waals surface area contributed by atoms with Gasteiger partial charge in [-0.2, -0.15) is 0 Å². The van der Waals surface area contributed by atoms with Crippen LogP contribution in [0.3, 0.4) is 0 Å². The Morgan fingerprint density at radius 3 is 2.72 bits per heavy atom. The average molecular weight is 389 g/mol. The van der Waals surface area contributed by atoms with E-state index < -0.39 is 0 Å². The first-order valence-electron chi connectivity index (χ1n) is 7.31. The Morgan fingerprint density at radius 1 is 1.08 bits per heavy atom. The van der Waals surface area contributed by atoms with Crippen LogP contribution in [0.15, 0.2) is 58.3 Å². The third kappa shape index (κ3) is 3.26. The minimum atomic E-state index is -0.150. The topological polar surface area (TPSA) is 55.1 Å². The standard InChI is InChI=1S/C18H10Cl2N2O2S/c19-12-5-3-10(8-13(12)20)18-22-14-9-11(4-6-15(14)24-18)21-17(23)16-2-1-7-25-16/h1-9H,(H,21,23). The van der Waals surface area contributed by atoms with Crippen LogP contribution in [-0.4, -0.2) is 10.9 Å². The average Bonchev–Trinajstić information content (AvgIpc) is 3.26.